The molecule has 0 rings (SSSR count). The Morgan fingerprint density at radius 2 is 2.08 bits per heavy atom. The van der Waals surface area contributed by atoms with E-state index in [1.807, 2.05) is 11.9 Å². The van der Waals surface area contributed by atoms with Gasteiger partial charge in [-0.05, 0) is 20.0 Å². The second kappa shape index (κ2) is 7.33. The number of unbranched alkanes of at least 4 members (excludes halogenated alkanes) is 3. The summed E-state index contributed by atoms with van der Waals surface area (Å²) in [6, 6.07) is 0. The molecule has 0 aromatic carbocycles. The van der Waals surface area contributed by atoms with E-state index in [0.29, 0.717) is 0 Å². The maximum atomic E-state index is 10.8. The first-order valence-electron chi connectivity index (χ1n) is 4.73. The summed E-state index contributed by atoms with van der Waals surface area (Å²) < 4.78 is 0. The number of carbonyl (C=O) groups excluding carboxylic acids is 1. The number of nitrogens with zero attached hydrogens (tertiary/aromatic N) is 1. The summed E-state index contributed by atoms with van der Waals surface area (Å²) in [5.41, 5.74) is 5.14. The number of hydrogen-bond acceptors (Lipinski definition) is 2. The van der Waals surface area contributed by atoms with Crippen LogP contribution in [0.15, 0.2) is 0 Å². The van der Waals surface area contributed by atoms with Crippen molar-refractivity contribution in [3.05, 3.63) is 0 Å². The van der Waals surface area contributed by atoms with Crippen LogP contribution < -0.4 is 5.73 Å². The van der Waals surface area contributed by atoms with E-state index in [1.54, 1.807) is 0 Å². The Morgan fingerprint density at radius 3 is 2.54 bits per heavy atom. The van der Waals surface area contributed by atoms with Crippen LogP contribution in [0.1, 0.15) is 32.6 Å². The van der Waals surface area contributed by atoms with Crippen LogP contribution >= 0.6 is 15.9 Å². The van der Waals surface area contributed by atoms with Gasteiger partial charge in [0.1, 0.15) is 4.95 Å². The Labute approximate surface area is 88.8 Å². The average Bonchev–Trinajstić information content (AvgIpc) is 2.10. The quantitative estimate of drug-likeness (QED) is 0.425. The maximum Gasteiger partial charge on any atom is 0.245 e. The summed E-state index contributed by atoms with van der Waals surface area (Å²) in [7, 11) is 1.90. The van der Waals surface area contributed by atoms with Crippen LogP contribution in [0.5, 0.6) is 0 Å². The van der Waals surface area contributed by atoms with Gasteiger partial charge in [0.25, 0.3) is 0 Å². The first kappa shape index (κ1) is 12.9. The highest BCUT2D eigenvalue weighted by Gasteiger charge is 2.15. The Kier molecular flexibility index (Phi) is 7.28. The fourth-order valence-corrected chi connectivity index (χ4v) is 1.32. The van der Waals surface area contributed by atoms with E-state index in [2.05, 4.69) is 22.9 Å². The summed E-state index contributed by atoms with van der Waals surface area (Å²) in [5.74, 6) is -0.321. The van der Waals surface area contributed by atoms with Crippen molar-refractivity contribution in [2.24, 2.45) is 5.73 Å². The molecule has 1 atom stereocenters. The van der Waals surface area contributed by atoms with Crippen molar-refractivity contribution < 1.29 is 4.79 Å². The molecule has 0 spiro atoms. The molecular formula is C9H19BrN2O. The SMILES string of the molecule is CCCCCCN(C)C(Br)C(N)=O. The predicted molar refractivity (Wildman–Crippen MR) is 58.7 cm³/mol. The van der Waals surface area contributed by atoms with Gasteiger partial charge < -0.3 is 5.73 Å². The molecule has 0 saturated carbocycles. The zero-order valence-electron chi connectivity index (χ0n) is 8.42. The summed E-state index contributed by atoms with van der Waals surface area (Å²) >= 11 is 3.23. The largest absolute Gasteiger partial charge is 0.368 e. The monoisotopic (exact) mass is 250 g/mol. The third kappa shape index (κ3) is 6.05. The van der Waals surface area contributed by atoms with Crippen LogP contribution in [-0.4, -0.2) is 29.4 Å². The summed E-state index contributed by atoms with van der Waals surface area (Å²) in [6.07, 6.45) is 4.84. The van der Waals surface area contributed by atoms with E-state index < -0.39 is 0 Å². The van der Waals surface area contributed by atoms with Crippen LogP contribution in [0.3, 0.4) is 0 Å². The second-order valence-electron chi connectivity index (χ2n) is 3.28. The molecule has 0 aliphatic carbocycles. The fourth-order valence-electron chi connectivity index (χ4n) is 1.12. The van der Waals surface area contributed by atoms with Gasteiger partial charge in [-0.25, -0.2) is 0 Å². The number of likely N-dealkylation sites (N-methyl/N-ethyl adjacent to an activating group) is 1. The molecule has 78 valence electrons. The number of amides is 1. The lowest BCUT2D eigenvalue weighted by atomic mass is 10.2. The number of hydrogen-bond donors (Lipinski definition) is 1. The minimum absolute atomic E-state index is 0.321. The van der Waals surface area contributed by atoms with E-state index in [0.717, 1.165) is 13.0 Å². The number of nitrogens with two attached hydrogens (primary N) is 1. The van der Waals surface area contributed by atoms with Gasteiger partial charge >= 0.3 is 0 Å². The summed E-state index contributed by atoms with van der Waals surface area (Å²) in [5, 5.41) is 0. The Hall–Kier alpha value is -0.0900. The van der Waals surface area contributed by atoms with Crippen LogP contribution in [-0.2, 0) is 4.79 Å². The van der Waals surface area contributed by atoms with Gasteiger partial charge in [-0.2, -0.15) is 0 Å². The third-order valence-electron chi connectivity index (χ3n) is 1.99. The number of rotatable bonds is 7. The normalized spacial score (nSPS) is 13.2. The molecule has 13 heavy (non-hydrogen) atoms. The first-order valence-corrected chi connectivity index (χ1v) is 5.64. The van der Waals surface area contributed by atoms with E-state index in [-0.39, 0.29) is 10.9 Å². The molecular weight excluding hydrogens is 232 g/mol. The first-order chi connectivity index (χ1) is 6.09. The van der Waals surface area contributed by atoms with Crippen molar-refractivity contribution in [2.45, 2.75) is 37.6 Å². The highest BCUT2D eigenvalue weighted by Crippen LogP contribution is 2.07. The van der Waals surface area contributed by atoms with Crippen molar-refractivity contribution in [2.75, 3.05) is 13.6 Å². The second-order valence-corrected chi connectivity index (χ2v) is 4.15. The van der Waals surface area contributed by atoms with Gasteiger partial charge in [-0.1, -0.05) is 42.1 Å². The van der Waals surface area contributed by atoms with Gasteiger partial charge in [0.15, 0.2) is 0 Å². The van der Waals surface area contributed by atoms with Gasteiger partial charge in [0, 0.05) is 0 Å². The number of primary amides is 1. The average molecular weight is 251 g/mol. The molecule has 0 aromatic rings. The van der Waals surface area contributed by atoms with E-state index >= 15 is 0 Å². The number of carbonyl (C=O) groups is 1. The van der Waals surface area contributed by atoms with Crippen LogP contribution in [0, 0.1) is 0 Å². The van der Waals surface area contributed by atoms with Crippen LogP contribution in [0.2, 0.25) is 0 Å². The standard InChI is InChI=1S/C9H19BrN2O/c1-3-4-5-6-7-12(2)8(10)9(11)13/h8H,3-7H2,1-2H3,(H2,11,13). The lowest BCUT2D eigenvalue weighted by Crippen LogP contribution is -2.38. The third-order valence-corrected chi connectivity index (χ3v) is 3.14. The zero-order chi connectivity index (χ0) is 10.3. The molecule has 0 heterocycles. The minimum Gasteiger partial charge on any atom is -0.368 e. The van der Waals surface area contributed by atoms with Gasteiger partial charge in [0.2, 0.25) is 5.91 Å². The van der Waals surface area contributed by atoms with Crippen molar-refractivity contribution in [1.29, 1.82) is 0 Å². The minimum atomic E-state index is -0.325. The molecule has 1 unspecified atom stereocenters. The smallest absolute Gasteiger partial charge is 0.245 e. The van der Waals surface area contributed by atoms with Gasteiger partial charge in [-0.3, -0.25) is 9.69 Å². The van der Waals surface area contributed by atoms with Crippen molar-refractivity contribution in [3.63, 3.8) is 0 Å². The topological polar surface area (TPSA) is 46.3 Å². The molecule has 2 N–H and O–H groups in total. The highest BCUT2D eigenvalue weighted by atomic mass is 79.9. The summed E-state index contributed by atoms with van der Waals surface area (Å²) in [6.45, 7) is 3.10. The lowest BCUT2D eigenvalue weighted by molar-refractivity contribution is -0.119. The molecule has 0 fully saturated rings. The van der Waals surface area contributed by atoms with Crippen LogP contribution in [0.25, 0.3) is 0 Å². The van der Waals surface area contributed by atoms with Crippen LogP contribution in [0.4, 0.5) is 0 Å². The maximum absolute atomic E-state index is 10.8. The van der Waals surface area contributed by atoms with Crippen molar-refractivity contribution in [3.8, 4) is 0 Å². The van der Waals surface area contributed by atoms with E-state index in [9.17, 15) is 4.79 Å². The molecule has 0 bridgehead atoms. The zero-order valence-corrected chi connectivity index (χ0v) is 10.0. The predicted octanol–water partition coefficient (Wildman–Crippen LogP) is 1.70. The number of alkyl halides is 1. The van der Waals surface area contributed by atoms with Crippen molar-refractivity contribution in [1.82, 2.24) is 4.90 Å². The fraction of sp³-hybridized carbons (Fsp3) is 0.889. The molecule has 3 nitrogen and oxygen atoms in total. The molecule has 0 aliphatic heterocycles. The summed E-state index contributed by atoms with van der Waals surface area (Å²) in [4.78, 5) is 12.4. The Balaban J connectivity index is 3.50. The highest BCUT2D eigenvalue weighted by molar-refractivity contribution is 9.09. The molecule has 0 aliphatic rings. The molecule has 1 amide bonds. The van der Waals surface area contributed by atoms with Gasteiger partial charge in [-0.15, -0.1) is 0 Å². The Bertz CT molecular complexity index is 153. The van der Waals surface area contributed by atoms with Crippen molar-refractivity contribution >= 4 is 21.8 Å². The number of halogens is 1. The molecule has 4 heteroatoms. The molecule has 0 saturated heterocycles. The van der Waals surface area contributed by atoms with E-state index in [4.69, 9.17) is 5.73 Å². The lowest BCUT2D eigenvalue weighted by Gasteiger charge is -2.19. The van der Waals surface area contributed by atoms with Gasteiger partial charge in [0.05, 0.1) is 0 Å². The van der Waals surface area contributed by atoms with E-state index in [1.165, 1.54) is 19.3 Å². The molecule has 0 radical (unpaired) electrons. The Morgan fingerprint density at radius 1 is 1.46 bits per heavy atom. The molecule has 0 aromatic heterocycles.